The Bertz CT molecular complexity index is 238. The lowest BCUT2D eigenvalue weighted by atomic mass is 9.74. The zero-order valence-electron chi connectivity index (χ0n) is 8.08. The van der Waals surface area contributed by atoms with Crippen molar-refractivity contribution in [3.63, 3.8) is 0 Å². The van der Waals surface area contributed by atoms with Gasteiger partial charge in [-0.3, -0.25) is 0 Å². The smallest absolute Gasteiger partial charge is 0.0465 e. The highest BCUT2D eigenvalue weighted by Gasteiger charge is 2.56. The lowest BCUT2D eigenvalue weighted by Crippen LogP contribution is -2.25. The number of hydrogen-bond acceptors (Lipinski definition) is 1. The number of allylic oxidation sites excluding steroid dienone is 2. The van der Waals surface area contributed by atoms with Crippen molar-refractivity contribution in [2.24, 2.45) is 23.2 Å². The highest BCUT2D eigenvalue weighted by atomic mass is 16.3. The Morgan fingerprint density at radius 1 is 1.23 bits per heavy atom. The molecule has 2 fully saturated rings. The fraction of sp³-hybridized carbons (Fsp3) is 0.833. The Balaban J connectivity index is 1.93. The van der Waals surface area contributed by atoms with E-state index in [-0.39, 0.29) is 0 Å². The van der Waals surface area contributed by atoms with Crippen LogP contribution < -0.4 is 0 Å². The van der Waals surface area contributed by atoms with Crippen LogP contribution in [0.25, 0.3) is 0 Å². The van der Waals surface area contributed by atoms with Gasteiger partial charge in [0.25, 0.3) is 0 Å². The van der Waals surface area contributed by atoms with E-state index in [1.807, 2.05) is 0 Å². The van der Waals surface area contributed by atoms with E-state index in [4.69, 9.17) is 0 Å². The van der Waals surface area contributed by atoms with Gasteiger partial charge >= 0.3 is 0 Å². The van der Waals surface area contributed by atoms with Crippen LogP contribution in [0.5, 0.6) is 0 Å². The lowest BCUT2D eigenvalue weighted by Gasteiger charge is -2.30. The summed E-state index contributed by atoms with van der Waals surface area (Å²) in [6, 6.07) is 0. The second-order valence-electron chi connectivity index (χ2n) is 5.14. The molecular formula is C12H18O. The van der Waals surface area contributed by atoms with Crippen LogP contribution >= 0.6 is 0 Å². The molecule has 1 N–H and O–H groups in total. The Labute approximate surface area is 79.8 Å². The van der Waals surface area contributed by atoms with Crippen molar-refractivity contribution in [1.82, 2.24) is 0 Å². The van der Waals surface area contributed by atoms with Crippen molar-refractivity contribution < 1.29 is 5.11 Å². The zero-order valence-corrected chi connectivity index (χ0v) is 8.08. The molecule has 2 bridgehead atoms. The van der Waals surface area contributed by atoms with Gasteiger partial charge in [-0.05, 0) is 42.4 Å². The molecule has 0 saturated heterocycles. The molecule has 2 saturated carbocycles. The van der Waals surface area contributed by atoms with Crippen LogP contribution in [-0.4, -0.2) is 11.7 Å². The number of rotatable bonds is 1. The molecular weight excluding hydrogens is 160 g/mol. The normalized spacial score (nSPS) is 45.2. The van der Waals surface area contributed by atoms with Crippen LogP contribution in [0.4, 0.5) is 0 Å². The minimum absolute atomic E-state index is 0.410. The summed E-state index contributed by atoms with van der Waals surface area (Å²) >= 11 is 0. The highest BCUT2D eigenvalue weighted by molar-refractivity contribution is 5.21. The summed E-state index contributed by atoms with van der Waals surface area (Å²) in [5.41, 5.74) is 0.618. The molecule has 1 spiro atoms. The molecule has 3 unspecified atom stereocenters. The van der Waals surface area contributed by atoms with Gasteiger partial charge in [0.2, 0.25) is 0 Å². The Hall–Kier alpha value is -0.300. The number of aliphatic hydroxyl groups is 1. The van der Waals surface area contributed by atoms with Gasteiger partial charge in [-0.15, -0.1) is 0 Å². The highest BCUT2D eigenvalue weighted by Crippen LogP contribution is 2.63. The van der Waals surface area contributed by atoms with Crippen LogP contribution in [-0.2, 0) is 0 Å². The Morgan fingerprint density at radius 2 is 2.00 bits per heavy atom. The van der Waals surface area contributed by atoms with E-state index in [1.54, 1.807) is 0 Å². The largest absolute Gasteiger partial charge is 0.396 e. The van der Waals surface area contributed by atoms with Crippen LogP contribution in [0.3, 0.4) is 0 Å². The van der Waals surface area contributed by atoms with Crippen molar-refractivity contribution >= 4 is 0 Å². The summed E-state index contributed by atoms with van der Waals surface area (Å²) in [5.74, 6) is 2.13. The summed E-state index contributed by atoms with van der Waals surface area (Å²) in [6.07, 6.45) is 11.8. The first-order valence-electron chi connectivity index (χ1n) is 5.66. The predicted molar refractivity (Wildman–Crippen MR) is 52.2 cm³/mol. The molecule has 3 rings (SSSR count). The molecule has 0 heterocycles. The second kappa shape index (κ2) is 2.60. The van der Waals surface area contributed by atoms with Crippen LogP contribution in [0.15, 0.2) is 12.2 Å². The van der Waals surface area contributed by atoms with Gasteiger partial charge in [-0.1, -0.05) is 25.0 Å². The van der Waals surface area contributed by atoms with Crippen LogP contribution in [0.1, 0.15) is 32.1 Å². The van der Waals surface area contributed by atoms with E-state index in [1.165, 1.54) is 32.1 Å². The third-order valence-electron chi connectivity index (χ3n) is 4.79. The fourth-order valence-corrected chi connectivity index (χ4v) is 4.22. The van der Waals surface area contributed by atoms with Crippen LogP contribution in [0, 0.1) is 23.2 Å². The van der Waals surface area contributed by atoms with E-state index >= 15 is 0 Å². The first-order chi connectivity index (χ1) is 6.37. The minimum atomic E-state index is 0.410. The number of aliphatic hydroxyl groups excluding tert-OH is 1. The van der Waals surface area contributed by atoms with E-state index in [9.17, 15) is 5.11 Å². The molecule has 1 heteroatoms. The molecule has 1 nitrogen and oxygen atoms in total. The number of hydrogen-bond donors (Lipinski definition) is 1. The van der Waals surface area contributed by atoms with E-state index < -0.39 is 0 Å². The molecule has 3 aliphatic carbocycles. The van der Waals surface area contributed by atoms with Crippen LogP contribution in [0.2, 0.25) is 0 Å². The monoisotopic (exact) mass is 178 g/mol. The molecule has 0 aliphatic heterocycles. The van der Waals surface area contributed by atoms with E-state index in [0.717, 1.165) is 11.8 Å². The molecule has 0 aromatic rings. The Kier molecular flexibility index (Phi) is 1.61. The molecule has 0 aromatic carbocycles. The van der Waals surface area contributed by atoms with Crippen molar-refractivity contribution in [3.05, 3.63) is 12.2 Å². The SMILES string of the molecule is OCC1CC2C=CC1C21CCCC1. The average molecular weight is 178 g/mol. The first kappa shape index (κ1) is 8.05. The lowest BCUT2D eigenvalue weighted by molar-refractivity contribution is 0.161. The van der Waals surface area contributed by atoms with E-state index in [0.29, 0.717) is 17.9 Å². The maximum Gasteiger partial charge on any atom is 0.0465 e. The predicted octanol–water partition coefficient (Wildman–Crippen LogP) is 2.36. The second-order valence-corrected chi connectivity index (χ2v) is 5.14. The van der Waals surface area contributed by atoms with Gasteiger partial charge in [0, 0.05) is 6.61 Å². The molecule has 3 aliphatic rings. The summed E-state index contributed by atoms with van der Waals surface area (Å²) in [7, 11) is 0. The summed E-state index contributed by atoms with van der Waals surface area (Å²) in [5, 5.41) is 9.30. The van der Waals surface area contributed by atoms with Gasteiger partial charge in [0.1, 0.15) is 0 Å². The van der Waals surface area contributed by atoms with Crippen molar-refractivity contribution in [2.45, 2.75) is 32.1 Å². The third kappa shape index (κ3) is 0.864. The summed E-state index contributed by atoms with van der Waals surface area (Å²) < 4.78 is 0. The molecule has 13 heavy (non-hydrogen) atoms. The van der Waals surface area contributed by atoms with Gasteiger partial charge in [0.05, 0.1) is 0 Å². The Morgan fingerprint density at radius 3 is 2.62 bits per heavy atom. The van der Waals surface area contributed by atoms with E-state index in [2.05, 4.69) is 12.2 Å². The minimum Gasteiger partial charge on any atom is -0.396 e. The maximum atomic E-state index is 9.30. The first-order valence-corrected chi connectivity index (χ1v) is 5.66. The molecule has 3 atom stereocenters. The van der Waals surface area contributed by atoms with Crippen molar-refractivity contribution in [3.8, 4) is 0 Å². The summed E-state index contributed by atoms with van der Waals surface area (Å²) in [6.45, 7) is 0.410. The van der Waals surface area contributed by atoms with Crippen molar-refractivity contribution in [1.29, 1.82) is 0 Å². The quantitative estimate of drug-likeness (QED) is 0.611. The maximum absolute atomic E-state index is 9.30. The fourth-order valence-electron chi connectivity index (χ4n) is 4.22. The third-order valence-corrected chi connectivity index (χ3v) is 4.79. The standard InChI is InChI=1S/C12H18O/c13-8-9-7-10-3-4-11(9)12(10)5-1-2-6-12/h3-4,9-11,13H,1-2,5-8H2. The molecule has 0 radical (unpaired) electrons. The molecule has 0 amide bonds. The molecule has 72 valence electrons. The topological polar surface area (TPSA) is 20.2 Å². The zero-order chi connectivity index (χ0) is 8.89. The van der Waals surface area contributed by atoms with Gasteiger partial charge in [-0.2, -0.15) is 0 Å². The molecule has 0 aromatic heterocycles. The average Bonchev–Trinajstić information content (AvgIpc) is 2.84. The van der Waals surface area contributed by atoms with Crippen molar-refractivity contribution in [2.75, 3.05) is 6.61 Å². The summed E-state index contributed by atoms with van der Waals surface area (Å²) in [4.78, 5) is 0. The van der Waals surface area contributed by atoms with Gasteiger partial charge in [0.15, 0.2) is 0 Å². The van der Waals surface area contributed by atoms with Gasteiger partial charge in [-0.25, -0.2) is 0 Å². The van der Waals surface area contributed by atoms with Gasteiger partial charge < -0.3 is 5.11 Å².